The molecule has 3 aromatic rings. The zero-order chi connectivity index (χ0) is 20.3. The molecule has 29 heavy (non-hydrogen) atoms. The molecule has 1 aliphatic heterocycles. The normalized spacial score (nSPS) is 16.9. The molecule has 4 nitrogen and oxygen atoms in total. The van der Waals surface area contributed by atoms with Crippen molar-refractivity contribution in [2.24, 2.45) is 0 Å². The van der Waals surface area contributed by atoms with Gasteiger partial charge >= 0.3 is 0 Å². The molecule has 2 aromatic carbocycles. The van der Waals surface area contributed by atoms with E-state index in [0.717, 1.165) is 41.6 Å². The first-order valence-corrected chi connectivity index (χ1v) is 12.0. The van der Waals surface area contributed by atoms with Gasteiger partial charge < -0.3 is 4.90 Å². The molecule has 1 unspecified atom stereocenters. The van der Waals surface area contributed by atoms with Crippen molar-refractivity contribution in [2.45, 2.75) is 36.3 Å². The fraction of sp³-hybridized carbons (Fsp3) is 0.292. The molecule has 4 rings (SSSR count). The largest absolute Gasteiger partial charge is 0.337 e. The van der Waals surface area contributed by atoms with Crippen molar-refractivity contribution in [1.82, 2.24) is 9.88 Å². The van der Waals surface area contributed by atoms with Crippen LogP contribution < -0.4 is 0 Å². The standard InChI is InChI=1S/C24H26N2O2S/c1-29(28,23-15-8-11-19-10-4-5-13-21(19)23)18-20-12-9-14-22(25-20)24(27)26-16-6-2-3-7-17-26/h4-5,8-15H,1-3,6-7,16-18H2. The molecule has 1 aromatic heterocycles. The van der Waals surface area contributed by atoms with Gasteiger partial charge in [-0.1, -0.05) is 55.3 Å². The summed E-state index contributed by atoms with van der Waals surface area (Å²) in [5, 5.41) is 1.99. The third kappa shape index (κ3) is 4.35. The first kappa shape index (κ1) is 19.6. The molecule has 0 N–H and O–H groups in total. The van der Waals surface area contributed by atoms with Crippen LogP contribution in [-0.2, 0) is 15.3 Å². The number of amides is 1. The lowest BCUT2D eigenvalue weighted by Gasteiger charge is -2.20. The highest BCUT2D eigenvalue weighted by Crippen LogP contribution is 2.25. The van der Waals surface area contributed by atoms with E-state index in [4.69, 9.17) is 0 Å². The molecule has 0 bridgehead atoms. The molecule has 1 fully saturated rings. The molecule has 0 radical (unpaired) electrons. The average molecular weight is 407 g/mol. The van der Waals surface area contributed by atoms with Crippen LogP contribution in [0.5, 0.6) is 0 Å². The van der Waals surface area contributed by atoms with Crippen molar-refractivity contribution in [3.63, 3.8) is 0 Å². The second-order valence-corrected chi connectivity index (χ2v) is 10.0. The van der Waals surface area contributed by atoms with Crippen LogP contribution in [0.4, 0.5) is 0 Å². The lowest BCUT2D eigenvalue weighted by molar-refractivity contribution is 0.0755. The number of hydrogen-bond acceptors (Lipinski definition) is 3. The molecule has 1 amide bonds. The summed E-state index contributed by atoms with van der Waals surface area (Å²) in [7, 11) is -2.60. The Morgan fingerprint density at radius 2 is 1.62 bits per heavy atom. The second-order valence-electron chi connectivity index (χ2n) is 7.65. The third-order valence-corrected chi connectivity index (χ3v) is 7.37. The van der Waals surface area contributed by atoms with E-state index in [9.17, 15) is 9.00 Å². The van der Waals surface area contributed by atoms with E-state index in [1.807, 2.05) is 59.5 Å². The summed E-state index contributed by atoms with van der Waals surface area (Å²) in [4.78, 5) is 20.1. The van der Waals surface area contributed by atoms with Gasteiger partial charge in [0.15, 0.2) is 0 Å². The van der Waals surface area contributed by atoms with Gasteiger partial charge in [0, 0.05) is 27.5 Å². The predicted octanol–water partition coefficient (Wildman–Crippen LogP) is 4.53. The molecular weight excluding hydrogens is 380 g/mol. The first-order chi connectivity index (χ1) is 14.0. The van der Waals surface area contributed by atoms with Gasteiger partial charge in [0.2, 0.25) is 0 Å². The zero-order valence-electron chi connectivity index (χ0n) is 16.5. The van der Waals surface area contributed by atoms with Crippen molar-refractivity contribution in [2.75, 3.05) is 13.1 Å². The van der Waals surface area contributed by atoms with Gasteiger partial charge in [0.25, 0.3) is 5.91 Å². The Kier molecular flexibility index (Phi) is 5.67. The topological polar surface area (TPSA) is 50.3 Å². The molecule has 2 heterocycles. The van der Waals surface area contributed by atoms with Crippen LogP contribution in [0.2, 0.25) is 0 Å². The van der Waals surface area contributed by atoms with Crippen LogP contribution in [0, 0.1) is 0 Å². The molecule has 0 aliphatic carbocycles. The maximum atomic E-state index is 13.6. The number of hydrogen-bond donors (Lipinski definition) is 0. The summed E-state index contributed by atoms with van der Waals surface area (Å²) in [6, 6.07) is 19.1. The Bertz CT molecular complexity index is 1130. The molecular formula is C24H26N2O2S. The summed E-state index contributed by atoms with van der Waals surface area (Å²) < 4.78 is 13.6. The number of nitrogens with zero attached hydrogens (tertiary/aromatic N) is 2. The fourth-order valence-electron chi connectivity index (χ4n) is 3.95. The monoisotopic (exact) mass is 406 g/mol. The van der Waals surface area contributed by atoms with E-state index < -0.39 is 9.52 Å². The molecule has 1 saturated heterocycles. The van der Waals surface area contributed by atoms with E-state index in [0.29, 0.717) is 11.4 Å². The van der Waals surface area contributed by atoms with E-state index >= 15 is 0 Å². The number of carbonyl (C=O) groups is 1. The number of benzene rings is 2. The summed E-state index contributed by atoms with van der Waals surface area (Å²) >= 11 is 0. The van der Waals surface area contributed by atoms with Crippen LogP contribution in [0.3, 0.4) is 0 Å². The Labute approximate surface area is 172 Å². The highest BCUT2D eigenvalue weighted by Gasteiger charge is 2.20. The lowest BCUT2D eigenvalue weighted by atomic mass is 10.1. The third-order valence-electron chi connectivity index (χ3n) is 5.45. The van der Waals surface area contributed by atoms with E-state index in [-0.39, 0.29) is 11.7 Å². The molecule has 150 valence electrons. The molecule has 1 aliphatic rings. The van der Waals surface area contributed by atoms with Crippen LogP contribution in [0.1, 0.15) is 41.9 Å². The van der Waals surface area contributed by atoms with Gasteiger partial charge in [-0.15, -0.1) is 0 Å². The zero-order valence-corrected chi connectivity index (χ0v) is 17.4. The van der Waals surface area contributed by atoms with Crippen molar-refractivity contribution in [1.29, 1.82) is 0 Å². The fourth-order valence-corrected chi connectivity index (χ4v) is 5.66. The van der Waals surface area contributed by atoms with Crippen LogP contribution in [0.15, 0.2) is 65.6 Å². The van der Waals surface area contributed by atoms with E-state index in [1.54, 1.807) is 6.07 Å². The van der Waals surface area contributed by atoms with E-state index in [2.05, 4.69) is 10.9 Å². The minimum atomic E-state index is -2.60. The smallest absolute Gasteiger partial charge is 0.272 e. The number of fused-ring (bicyclic) bond motifs is 1. The predicted molar refractivity (Wildman–Crippen MR) is 120 cm³/mol. The Hall–Kier alpha value is -2.66. The van der Waals surface area contributed by atoms with Crippen LogP contribution in [0.25, 0.3) is 10.8 Å². The van der Waals surface area contributed by atoms with Crippen LogP contribution >= 0.6 is 0 Å². The summed E-state index contributed by atoms with van der Waals surface area (Å²) in [6.07, 6.45) is 4.43. The highest BCUT2D eigenvalue weighted by molar-refractivity contribution is 7.99. The Morgan fingerprint density at radius 1 is 0.931 bits per heavy atom. The average Bonchev–Trinajstić information content (AvgIpc) is 3.02. The minimum Gasteiger partial charge on any atom is -0.337 e. The number of likely N-dealkylation sites (tertiary alicyclic amines) is 1. The molecule has 0 spiro atoms. The SMILES string of the molecule is C=S(=O)(Cc1cccc(C(=O)N2CCCCCC2)n1)c1cccc2ccccc12. The van der Waals surface area contributed by atoms with Gasteiger partial charge in [0.05, 0.1) is 11.4 Å². The Balaban J connectivity index is 1.61. The molecule has 0 saturated carbocycles. The maximum Gasteiger partial charge on any atom is 0.272 e. The van der Waals surface area contributed by atoms with Crippen molar-refractivity contribution in [3.8, 4) is 0 Å². The van der Waals surface area contributed by atoms with E-state index in [1.165, 1.54) is 12.8 Å². The number of pyridine rings is 1. The van der Waals surface area contributed by atoms with Gasteiger partial charge in [-0.2, -0.15) is 0 Å². The highest BCUT2D eigenvalue weighted by atomic mass is 32.2. The van der Waals surface area contributed by atoms with Gasteiger partial charge in [-0.25, -0.2) is 4.98 Å². The van der Waals surface area contributed by atoms with Gasteiger partial charge in [-0.3, -0.25) is 9.00 Å². The Morgan fingerprint density at radius 3 is 2.41 bits per heavy atom. The second kappa shape index (κ2) is 8.37. The van der Waals surface area contributed by atoms with Gasteiger partial charge in [0.1, 0.15) is 5.69 Å². The minimum absolute atomic E-state index is 0.0329. The maximum absolute atomic E-state index is 13.6. The summed E-state index contributed by atoms with van der Waals surface area (Å²) in [6.45, 7) is 1.57. The number of rotatable bonds is 4. The molecule has 1 atom stereocenters. The van der Waals surface area contributed by atoms with Crippen molar-refractivity contribution in [3.05, 3.63) is 72.1 Å². The van der Waals surface area contributed by atoms with Crippen molar-refractivity contribution >= 4 is 32.1 Å². The molecule has 5 heteroatoms. The van der Waals surface area contributed by atoms with Crippen molar-refractivity contribution < 1.29 is 9.00 Å². The quantitative estimate of drug-likeness (QED) is 0.598. The van der Waals surface area contributed by atoms with Crippen LogP contribution in [-0.4, -0.2) is 39.0 Å². The lowest BCUT2D eigenvalue weighted by Crippen LogP contribution is -2.32. The first-order valence-electron chi connectivity index (χ1n) is 10.1. The summed E-state index contributed by atoms with van der Waals surface area (Å²) in [5.74, 6) is 4.23. The van der Waals surface area contributed by atoms with Gasteiger partial charge in [-0.05, 0) is 47.7 Å². The summed E-state index contributed by atoms with van der Waals surface area (Å²) in [5.41, 5.74) is 1.07. The number of aromatic nitrogens is 1. The number of carbonyl (C=O) groups excluding carboxylic acids is 1.